The zero-order valence-electron chi connectivity index (χ0n) is 9.56. The number of aliphatic carboxylic acids is 1. The number of amides is 2. The minimum atomic E-state index is -1.28. The van der Waals surface area contributed by atoms with Gasteiger partial charge in [-0.05, 0) is 12.8 Å². The van der Waals surface area contributed by atoms with Gasteiger partial charge < -0.3 is 26.6 Å². The molecule has 1 aliphatic carbocycles. The van der Waals surface area contributed by atoms with Crippen LogP contribution >= 0.6 is 0 Å². The Bertz CT molecular complexity index is 285. The summed E-state index contributed by atoms with van der Waals surface area (Å²) in [5, 5.41) is 22.2. The second-order valence-electron chi connectivity index (χ2n) is 4.25. The van der Waals surface area contributed by atoms with E-state index in [0.717, 1.165) is 25.7 Å². The Morgan fingerprint density at radius 1 is 1.35 bits per heavy atom. The predicted molar refractivity (Wildman–Crippen MR) is 60.4 cm³/mol. The molecule has 1 rings (SSSR count). The van der Waals surface area contributed by atoms with E-state index in [9.17, 15) is 9.59 Å². The van der Waals surface area contributed by atoms with Crippen molar-refractivity contribution in [3.05, 3.63) is 0 Å². The number of aliphatic hydroxyl groups is 1. The van der Waals surface area contributed by atoms with Gasteiger partial charge in [0.05, 0.1) is 6.61 Å². The number of nitrogens with two attached hydrogens (primary N) is 1. The first-order valence-electron chi connectivity index (χ1n) is 5.71. The molecule has 1 aliphatic rings. The molecule has 0 bridgehead atoms. The smallest absolute Gasteiger partial charge is 0.328 e. The number of nitrogens with one attached hydrogen (secondary N) is 2. The average Bonchev–Trinajstić information content (AvgIpc) is 2.28. The van der Waals surface area contributed by atoms with Gasteiger partial charge in [0, 0.05) is 12.1 Å². The van der Waals surface area contributed by atoms with E-state index in [0.29, 0.717) is 0 Å². The Hall–Kier alpha value is -1.34. The molecule has 0 aromatic carbocycles. The highest BCUT2D eigenvalue weighted by atomic mass is 16.4. The maximum absolute atomic E-state index is 11.5. The summed E-state index contributed by atoms with van der Waals surface area (Å²) in [6, 6.07) is -2.10. The normalized spacial score (nSPS) is 26.0. The van der Waals surface area contributed by atoms with E-state index in [2.05, 4.69) is 10.6 Å². The number of carboxylic acids is 1. The molecule has 98 valence electrons. The van der Waals surface area contributed by atoms with E-state index in [1.807, 2.05) is 0 Å². The number of aliphatic hydroxyl groups excluding tert-OH is 1. The average molecular weight is 245 g/mol. The Morgan fingerprint density at radius 3 is 2.53 bits per heavy atom. The Labute approximate surface area is 99.4 Å². The number of carboxylic acid groups (broad SMARTS) is 1. The van der Waals surface area contributed by atoms with Crippen molar-refractivity contribution in [2.75, 3.05) is 6.61 Å². The number of carbonyl (C=O) groups is 2. The van der Waals surface area contributed by atoms with Gasteiger partial charge in [0.1, 0.15) is 0 Å². The number of urea groups is 1. The lowest BCUT2D eigenvalue weighted by molar-refractivity contribution is -0.140. The molecule has 6 N–H and O–H groups in total. The standard InChI is InChI=1S/C10H19N3O4/c11-6-3-1-2-4-7(6)12-10(17)13-8(5-14)9(15)16/h6-8,14H,1-5,11H2,(H,15,16)(H2,12,13,17)/t6?,7?,8-/m1/s1. The van der Waals surface area contributed by atoms with Gasteiger partial charge in [0.25, 0.3) is 0 Å². The number of hydrogen-bond acceptors (Lipinski definition) is 4. The maximum Gasteiger partial charge on any atom is 0.328 e. The molecule has 0 spiro atoms. The molecule has 1 saturated carbocycles. The van der Waals surface area contributed by atoms with E-state index in [1.165, 1.54) is 0 Å². The van der Waals surface area contributed by atoms with Crippen LogP contribution in [-0.4, -0.2) is 46.9 Å². The molecule has 1 fully saturated rings. The van der Waals surface area contributed by atoms with Crippen LogP contribution in [0.3, 0.4) is 0 Å². The van der Waals surface area contributed by atoms with Gasteiger partial charge in [-0.3, -0.25) is 0 Å². The fourth-order valence-electron chi connectivity index (χ4n) is 1.89. The van der Waals surface area contributed by atoms with Crippen LogP contribution in [0.4, 0.5) is 4.79 Å². The highest BCUT2D eigenvalue weighted by Gasteiger charge is 2.25. The Morgan fingerprint density at radius 2 is 2.00 bits per heavy atom. The van der Waals surface area contributed by atoms with Crippen LogP contribution in [0, 0.1) is 0 Å². The lowest BCUT2D eigenvalue weighted by Gasteiger charge is -2.29. The van der Waals surface area contributed by atoms with Crippen LogP contribution in [0.25, 0.3) is 0 Å². The van der Waals surface area contributed by atoms with E-state index in [4.69, 9.17) is 15.9 Å². The lowest BCUT2D eigenvalue weighted by Crippen LogP contribution is -2.55. The van der Waals surface area contributed by atoms with E-state index >= 15 is 0 Å². The van der Waals surface area contributed by atoms with Crippen molar-refractivity contribution in [2.45, 2.75) is 43.8 Å². The third-order valence-corrected chi connectivity index (χ3v) is 2.92. The second-order valence-corrected chi connectivity index (χ2v) is 4.25. The van der Waals surface area contributed by atoms with Gasteiger partial charge in [-0.1, -0.05) is 12.8 Å². The zero-order valence-corrected chi connectivity index (χ0v) is 9.56. The molecule has 0 saturated heterocycles. The molecule has 2 amide bonds. The van der Waals surface area contributed by atoms with E-state index < -0.39 is 24.6 Å². The van der Waals surface area contributed by atoms with Gasteiger partial charge in [-0.2, -0.15) is 0 Å². The second kappa shape index (κ2) is 6.41. The Kier molecular flexibility index (Phi) is 5.17. The summed E-state index contributed by atoms with van der Waals surface area (Å²) in [6.45, 7) is -0.639. The topological polar surface area (TPSA) is 125 Å². The molecular formula is C10H19N3O4. The summed E-state index contributed by atoms with van der Waals surface area (Å²) >= 11 is 0. The first kappa shape index (κ1) is 13.7. The number of carbonyl (C=O) groups excluding carboxylic acids is 1. The number of rotatable bonds is 4. The maximum atomic E-state index is 11.5. The molecule has 2 unspecified atom stereocenters. The van der Waals surface area contributed by atoms with Crippen molar-refractivity contribution < 1.29 is 19.8 Å². The third-order valence-electron chi connectivity index (χ3n) is 2.92. The van der Waals surface area contributed by atoms with Gasteiger partial charge in [0.15, 0.2) is 6.04 Å². The van der Waals surface area contributed by atoms with Crippen molar-refractivity contribution >= 4 is 12.0 Å². The summed E-state index contributed by atoms with van der Waals surface area (Å²) in [7, 11) is 0. The SMILES string of the molecule is NC1CCCCC1NC(=O)N[C@H](CO)C(=O)O. The fourth-order valence-corrected chi connectivity index (χ4v) is 1.89. The summed E-state index contributed by atoms with van der Waals surface area (Å²) in [6.07, 6.45) is 3.70. The van der Waals surface area contributed by atoms with Gasteiger partial charge >= 0.3 is 12.0 Å². The number of hydrogen-bond donors (Lipinski definition) is 5. The van der Waals surface area contributed by atoms with Gasteiger partial charge in [-0.25, -0.2) is 9.59 Å². The van der Waals surface area contributed by atoms with E-state index in [-0.39, 0.29) is 12.1 Å². The monoisotopic (exact) mass is 245 g/mol. The molecule has 0 aliphatic heterocycles. The highest BCUT2D eigenvalue weighted by Crippen LogP contribution is 2.16. The quantitative estimate of drug-likeness (QED) is 0.434. The zero-order chi connectivity index (χ0) is 12.8. The lowest BCUT2D eigenvalue weighted by atomic mass is 9.91. The van der Waals surface area contributed by atoms with Crippen molar-refractivity contribution in [1.82, 2.24) is 10.6 Å². The summed E-state index contributed by atoms with van der Waals surface area (Å²) in [5.74, 6) is -1.27. The van der Waals surface area contributed by atoms with E-state index in [1.54, 1.807) is 0 Å². The van der Waals surface area contributed by atoms with Gasteiger partial charge in [0.2, 0.25) is 0 Å². The first-order chi connectivity index (χ1) is 8.04. The Balaban J connectivity index is 2.40. The summed E-state index contributed by atoms with van der Waals surface area (Å²) in [4.78, 5) is 22.1. The largest absolute Gasteiger partial charge is 0.480 e. The van der Waals surface area contributed by atoms with Crippen LogP contribution in [-0.2, 0) is 4.79 Å². The molecule has 0 aromatic heterocycles. The van der Waals surface area contributed by atoms with Crippen LogP contribution in [0.15, 0.2) is 0 Å². The fraction of sp³-hybridized carbons (Fsp3) is 0.800. The van der Waals surface area contributed by atoms with Crippen molar-refractivity contribution in [3.8, 4) is 0 Å². The first-order valence-corrected chi connectivity index (χ1v) is 5.71. The molecule has 17 heavy (non-hydrogen) atoms. The molecule has 7 heteroatoms. The molecular weight excluding hydrogens is 226 g/mol. The molecule has 0 aromatic rings. The van der Waals surface area contributed by atoms with Crippen molar-refractivity contribution in [2.24, 2.45) is 5.73 Å². The molecule has 3 atom stereocenters. The van der Waals surface area contributed by atoms with Crippen LogP contribution in [0.2, 0.25) is 0 Å². The van der Waals surface area contributed by atoms with Crippen LogP contribution < -0.4 is 16.4 Å². The molecule has 0 radical (unpaired) electrons. The predicted octanol–water partition coefficient (Wildman–Crippen LogP) is -0.999. The van der Waals surface area contributed by atoms with Gasteiger partial charge in [-0.15, -0.1) is 0 Å². The molecule has 0 heterocycles. The summed E-state index contributed by atoms with van der Waals surface area (Å²) < 4.78 is 0. The molecule has 7 nitrogen and oxygen atoms in total. The summed E-state index contributed by atoms with van der Waals surface area (Å²) in [5.41, 5.74) is 5.84. The van der Waals surface area contributed by atoms with Crippen LogP contribution in [0.1, 0.15) is 25.7 Å². The minimum Gasteiger partial charge on any atom is -0.480 e. The third kappa shape index (κ3) is 4.20. The van der Waals surface area contributed by atoms with Crippen molar-refractivity contribution in [3.63, 3.8) is 0 Å². The minimum absolute atomic E-state index is 0.0908. The highest BCUT2D eigenvalue weighted by molar-refractivity contribution is 5.82. The van der Waals surface area contributed by atoms with Crippen LogP contribution in [0.5, 0.6) is 0 Å². The van der Waals surface area contributed by atoms with Crippen molar-refractivity contribution in [1.29, 1.82) is 0 Å².